The lowest BCUT2D eigenvalue weighted by atomic mass is 10.2. The van der Waals surface area contributed by atoms with Crippen LogP contribution in [0.1, 0.15) is 5.56 Å². The van der Waals surface area contributed by atoms with Crippen molar-refractivity contribution in [3.05, 3.63) is 34.7 Å². The highest BCUT2D eigenvalue weighted by atomic mass is 16.7. The van der Waals surface area contributed by atoms with Crippen molar-refractivity contribution in [2.24, 2.45) is 5.34 Å². The molecule has 10 heavy (non-hydrogen) atoms. The Morgan fingerprint density at radius 2 is 2.30 bits per heavy atom. The quantitative estimate of drug-likeness (QED) is 0.462. The lowest BCUT2D eigenvalue weighted by Gasteiger charge is -1.94. The van der Waals surface area contributed by atoms with Crippen LogP contribution in [0, 0.1) is 11.8 Å². The van der Waals surface area contributed by atoms with Crippen molar-refractivity contribution in [1.29, 1.82) is 0 Å². The predicted molar refractivity (Wildman–Crippen MR) is 37.6 cm³/mol. The molecule has 0 aliphatic carbocycles. The van der Waals surface area contributed by atoms with Gasteiger partial charge < -0.3 is 4.84 Å². The van der Waals surface area contributed by atoms with Gasteiger partial charge in [-0.1, -0.05) is 12.1 Å². The number of hydrogen-bond donors (Lipinski definition) is 0. The summed E-state index contributed by atoms with van der Waals surface area (Å²) in [5.41, 5.74) is 1.04. The average Bonchev–Trinajstić information content (AvgIpc) is 1.88. The van der Waals surface area contributed by atoms with Crippen LogP contribution in [0.4, 0.5) is 0 Å². The van der Waals surface area contributed by atoms with E-state index in [1.807, 2.05) is 13.0 Å². The van der Waals surface area contributed by atoms with Crippen LogP contribution in [0.15, 0.2) is 29.6 Å². The fourth-order valence-corrected chi connectivity index (χ4v) is 0.715. The van der Waals surface area contributed by atoms with E-state index in [1.165, 1.54) is 0 Å². The second-order valence-corrected chi connectivity index (χ2v) is 1.98. The molecule has 0 atom stereocenters. The summed E-state index contributed by atoms with van der Waals surface area (Å²) in [5.74, 6) is 0.481. The van der Waals surface area contributed by atoms with Crippen molar-refractivity contribution < 1.29 is 4.84 Å². The number of hydrogen-bond acceptors (Lipinski definition) is 3. The normalized spacial score (nSPS) is 8.90. The molecule has 1 rings (SSSR count). The Kier molecular flexibility index (Phi) is 1.99. The lowest BCUT2D eigenvalue weighted by Crippen LogP contribution is -1.79. The van der Waals surface area contributed by atoms with E-state index in [1.54, 1.807) is 18.2 Å². The minimum Gasteiger partial charge on any atom is -0.324 e. The molecule has 0 saturated heterocycles. The molecule has 0 heterocycles. The van der Waals surface area contributed by atoms with Gasteiger partial charge in [0, 0.05) is 0 Å². The van der Waals surface area contributed by atoms with E-state index >= 15 is 0 Å². The van der Waals surface area contributed by atoms with Gasteiger partial charge in [0.25, 0.3) is 0 Å². The third kappa shape index (κ3) is 1.55. The van der Waals surface area contributed by atoms with Crippen molar-refractivity contribution in [2.45, 2.75) is 6.92 Å². The first-order chi connectivity index (χ1) is 4.83. The van der Waals surface area contributed by atoms with E-state index in [0.29, 0.717) is 5.75 Å². The molecule has 0 radical (unpaired) electrons. The Bertz CT molecular complexity index is 235. The molecule has 0 fully saturated rings. The molecular weight excluding hydrogens is 130 g/mol. The summed E-state index contributed by atoms with van der Waals surface area (Å²) in [6, 6.07) is 7.13. The second kappa shape index (κ2) is 2.96. The van der Waals surface area contributed by atoms with Crippen LogP contribution in [0.3, 0.4) is 0 Å². The Labute approximate surface area is 58.6 Å². The number of benzene rings is 1. The topological polar surface area (TPSA) is 38.7 Å². The summed E-state index contributed by atoms with van der Waals surface area (Å²) < 4.78 is 0. The van der Waals surface area contributed by atoms with Gasteiger partial charge in [0.15, 0.2) is 11.1 Å². The van der Waals surface area contributed by atoms with Crippen LogP contribution < -0.4 is 4.84 Å². The van der Waals surface area contributed by atoms with Crippen LogP contribution in [0.2, 0.25) is 0 Å². The summed E-state index contributed by atoms with van der Waals surface area (Å²) in [5, 5.41) is 2.30. The van der Waals surface area contributed by atoms with Crippen molar-refractivity contribution in [2.75, 3.05) is 0 Å². The van der Waals surface area contributed by atoms with Crippen molar-refractivity contribution in [3.63, 3.8) is 0 Å². The van der Waals surface area contributed by atoms with Gasteiger partial charge >= 0.3 is 0 Å². The Hall–Kier alpha value is -1.38. The molecule has 0 saturated carbocycles. The molecule has 3 heteroatoms. The fourth-order valence-electron chi connectivity index (χ4n) is 0.715. The summed E-state index contributed by atoms with van der Waals surface area (Å²) >= 11 is 0. The molecule has 0 bridgehead atoms. The Morgan fingerprint density at radius 3 is 2.90 bits per heavy atom. The Balaban J connectivity index is 2.84. The zero-order chi connectivity index (χ0) is 7.40. The number of rotatable bonds is 2. The highest BCUT2D eigenvalue weighted by Gasteiger charge is 1.90. The van der Waals surface area contributed by atoms with Crippen LogP contribution in [-0.2, 0) is 0 Å². The Morgan fingerprint density at radius 1 is 1.50 bits per heavy atom. The number of nitrogens with zero attached hydrogens (tertiary/aromatic N) is 1. The summed E-state index contributed by atoms with van der Waals surface area (Å²) in [6.07, 6.45) is 0. The maximum Gasteiger partial charge on any atom is 0.161 e. The first kappa shape index (κ1) is 6.74. The molecule has 1 aromatic rings. The summed E-state index contributed by atoms with van der Waals surface area (Å²) in [6.45, 7) is 1.91. The maximum atomic E-state index is 9.61. The fraction of sp³-hybridized carbons (Fsp3) is 0.143. The standard InChI is InChI=1S/C7H7NO2/c1-6-3-2-4-7(5-6)10-8-9/h2-5H,1H3. The number of aryl methyl sites for hydroxylation is 1. The third-order valence-corrected chi connectivity index (χ3v) is 1.13. The van der Waals surface area contributed by atoms with Crippen molar-refractivity contribution in [1.82, 2.24) is 0 Å². The predicted octanol–water partition coefficient (Wildman–Crippen LogP) is 2.06. The molecule has 0 spiro atoms. The van der Waals surface area contributed by atoms with E-state index in [9.17, 15) is 4.91 Å². The van der Waals surface area contributed by atoms with E-state index in [2.05, 4.69) is 10.2 Å². The van der Waals surface area contributed by atoms with E-state index < -0.39 is 0 Å². The third-order valence-electron chi connectivity index (χ3n) is 1.13. The van der Waals surface area contributed by atoms with Crippen LogP contribution in [-0.4, -0.2) is 0 Å². The molecule has 3 nitrogen and oxygen atoms in total. The largest absolute Gasteiger partial charge is 0.324 e. The minimum absolute atomic E-state index is 0.481. The highest BCUT2D eigenvalue weighted by Crippen LogP contribution is 2.11. The SMILES string of the molecule is Cc1cccc(ON=O)c1. The molecule has 52 valence electrons. The first-order valence-electron chi connectivity index (χ1n) is 2.89. The zero-order valence-corrected chi connectivity index (χ0v) is 5.57. The van der Waals surface area contributed by atoms with Crippen molar-refractivity contribution in [3.8, 4) is 5.75 Å². The maximum absolute atomic E-state index is 9.61. The van der Waals surface area contributed by atoms with Gasteiger partial charge in [-0.15, -0.1) is 4.91 Å². The van der Waals surface area contributed by atoms with Crippen LogP contribution in [0.5, 0.6) is 5.75 Å². The molecular formula is C7H7NO2. The zero-order valence-electron chi connectivity index (χ0n) is 5.57. The van der Waals surface area contributed by atoms with Gasteiger partial charge in [0.1, 0.15) is 0 Å². The molecule has 0 aromatic heterocycles. The molecule has 0 N–H and O–H groups in total. The van der Waals surface area contributed by atoms with Gasteiger partial charge in [0.2, 0.25) is 0 Å². The van der Waals surface area contributed by atoms with Gasteiger partial charge in [-0.2, -0.15) is 0 Å². The average molecular weight is 137 g/mol. The lowest BCUT2D eigenvalue weighted by molar-refractivity contribution is 0.334. The minimum atomic E-state index is 0.481. The summed E-state index contributed by atoms with van der Waals surface area (Å²) in [4.78, 5) is 14.0. The molecule has 0 aliphatic heterocycles. The first-order valence-corrected chi connectivity index (χ1v) is 2.89. The van der Waals surface area contributed by atoms with E-state index in [-0.39, 0.29) is 0 Å². The van der Waals surface area contributed by atoms with Crippen LogP contribution >= 0.6 is 0 Å². The van der Waals surface area contributed by atoms with Gasteiger partial charge in [-0.25, -0.2) is 0 Å². The van der Waals surface area contributed by atoms with E-state index in [0.717, 1.165) is 5.56 Å². The second-order valence-electron chi connectivity index (χ2n) is 1.98. The molecule has 0 aliphatic rings. The summed E-state index contributed by atoms with van der Waals surface area (Å²) in [7, 11) is 0. The van der Waals surface area contributed by atoms with Gasteiger partial charge in [-0.05, 0) is 24.6 Å². The highest BCUT2D eigenvalue weighted by molar-refractivity contribution is 5.26. The monoisotopic (exact) mass is 137 g/mol. The van der Waals surface area contributed by atoms with Gasteiger partial charge in [0.05, 0.1) is 0 Å². The molecule has 0 amide bonds. The molecule has 1 aromatic carbocycles. The van der Waals surface area contributed by atoms with E-state index in [4.69, 9.17) is 0 Å². The van der Waals surface area contributed by atoms with Crippen molar-refractivity contribution >= 4 is 0 Å². The smallest absolute Gasteiger partial charge is 0.161 e. The molecule has 0 unspecified atom stereocenters. The van der Waals surface area contributed by atoms with Crippen LogP contribution in [0.25, 0.3) is 0 Å². The van der Waals surface area contributed by atoms with Gasteiger partial charge in [-0.3, -0.25) is 0 Å².